The fourth-order valence-corrected chi connectivity index (χ4v) is 2.71. The lowest BCUT2D eigenvalue weighted by atomic mass is 10.1. The molecule has 0 radical (unpaired) electrons. The monoisotopic (exact) mass is 349 g/mol. The molecule has 0 aromatic heterocycles. The van der Waals surface area contributed by atoms with Crippen LogP contribution in [-0.2, 0) is 11.3 Å². The maximum atomic E-state index is 12.0. The summed E-state index contributed by atoms with van der Waals surface area (Å²) in [5.41, 5.74) is 3.40. The number of methoxy groups -OCH3 is 1. The molecule has 1 amide bonds. The van der Waals surface area contributed by atoms with Crippen molar-refractivity contribution < 1.29 is 14.3 Å². The number of benzene rings is 3. The van der Waals surface area contributed by atoms with Crippen molar-refractivity contribution in [2.75, 3.05) is 13.7 Å². The Balaban J connectivity index is 1.55. The number of amides is 1. The van der Waals surface area contributed by atoms with Gasteiger partial charge in [-0.1, -0.05) is 24.3 Å². The van der Waals surface area contributed by atoms with E-state index in [1.54, 1.807) is 7.11 Å². The number of ether oxygens (including phenoxy) is 2. The van der Waals surface area contributed by atoms with Crippen molar-refractivity contribution in [1.29, 1.82) is 0 Å². The quantitative estimate of drug-likeness (QED) is 0.727. The second kappa shape index (κ2) is 7.91. The summed E-state index contributed by atoms with van der Waals surface area (Å²) in [5, 5.41) is 5.12. The molecule has 0 bridgehead atoms. The van der Waals surface area contributed by atoms with Crippen LogP contribution < -0.4 is 14.8 Å². The average molecular weight is 349 g/mol. The second-order valence-corrected chi connectivity index (χ2v) is 6.36. The summed E-state index contributed by atoms with van der Waals surface area (Å²) >= 11 is 0. The van der Waals surface area contributed by atoms with E-state index < -0.39 is 0 Å². The van der Waals surface area contributed by atoms with Crippen molar-refractivity contribution >= 4 is 16.7 Å². The fourth-order valence-electron chi connectivity index (χ4n) is 2.71. The van der Waals surface area contributed by atoms with E-state index in [2.05, 4.69) is 11.4 Å². The van der Waals surface area contributed by atoms with E-state index >= 15 is 0 Å². The number of nitrogens with one attached hydrogen (secondary N) is 1. The average Bonchev–Trinajstić information content (AvgIpc) is 2.66. The number of carbonyl (C=O) groups is 1. The smallest absolute Gasteiger partial charge is 0.258 e. The normalized spacial score (nSPS) is 10.6. The molecular weight excluding hydrogens is 326 g/mol. The Morgan fingerprint density at radius 1 is 0.885 bits per heavy atom. The molecule has 26 heavy (non-hydrogen) atoms. The Hall–Kier alpha value is -3.01. The fraction of sp³-hybridized carbons (Fsp3) is 0.227. The third-order valence-electron chi connectivity index (χ3n) is 4.45. The summed E-state index contributed by atoms with van der Waals surface area (Å²) in [6.45, 7) is 4.55. The zero-order chi connectivity index (χ0) is 18.5. The SMILES string of the molecule is COc1ccc2cc(CNC(=O)COc3ccc(C)c(C)c3)ccc2c1. The minimum atomic E-state index is -0.141. The maximum Gasteiger partial charge on any atom is 0.258 e. The molecule has 134 valence electrons. The Kier molecular flexibility index (Phi) is 5.42. The summed E-state index contributed by atoms with van der Waals surface area (Å²) in [7, 11) is 1.66. The predicted molar refractivity (Wildman–Crippen MR) is 104 cm³/mol. The third kappa shape index (κ3) is 4.33. The van der Waals surface area contributed by atoms with Crippen LogP contribution in [0.25, 0.3) is 10.8 Å². The molecule has 0 saturated carbocycles. The van der Waals surface area contributed by atoms with Crippen molar-refractivity contribution in [3.05, 3.63) is 71.3 Å². The van der Waals surface area contributed by atoms with Crippen LogP contribution in [0.2, 0.25) is 0 Å². The van der Waals surface area contributed by atoms with Gasteiger partial charge in [0.25, 0.3) is 5.91 Å². The second-order valence-electron chi connectivity index (χ2n) is 6.36. The Bertz CT molecular complexity index is 934. The van der Waals surface area contributed by atoms with E-state index in [1.807, 2.05) is 62.4 Å². The van der Waals surface area contributed by atoms with Gasteiger partial charge in [0.2, 0.25) is 0 Å². The molecule has 4 heteroatoms. The highest BCUT2D eigenvalue weighted by atomic mass is 16.5. The molecule has 0 unspecified atom stereocenters. The largest absolute Gasteiger partial charge is 0.497 e. The molecule has 4 nitrogen and oxygen atoms in total. The number of hydrogen-bond acceptors (Lipinski definition) is 3. The summed E-state index contributed by atoms with van der Waals surface area (Å²) in [5.74, 6) is 1.41. The molecule has 0 fully saturated rings. The highest BCUT2D eigenvalue weighted by Gasteiger charge is 2.05. The van der Waals surface area contributed by atoms with E-state index in [0.717, 1.165) is 27.6 Å². The molecule has 3 rings (SSSR count). The van der Waals surface area contributed by atoms with E-state index in [0.29, 0.717) is 12.3 Å². The first-order chi connectivity index (χ1) is 12.5. The van der Waals surface area contributed by atoms with Gasteiger partial charge in [0.1, 0.15) is 11.5 Å². The van der Waals surface area contributed by atoms with Gasteiger partial charge in [-0.15, -0.1) is 0 Å². The zero-order valence-electron chi connectivity index (χ0n) is 15.3. The summed E-state index contributed by atoms with van der Waals surface area (Å²) in [4.78, 5) is 12.0. The minimum Gasteiger partial charge on any atom is -0.497 e. The lowest BCUT2D eigenvalue weighted by molar-refractivity contribution is -0.123. The van der Waals surface area contributed by atoms with Crippen LogP contribution in [0, 0.1) is 13.8 Å². The van der Waals surface area contributed by atoms with Crippen molar-refractivity contribution in [3.63, 3.8) is 0 Å². The summed E-state index contributed by atoms with van der Waals surface area (Å²) in [6, 6.07) is 17.9. The Morgan fingerprint density at radius 3 is 2.38 bits per heavy atom. The minimum absolute atomic E-state index is 0.00722. The van der Waals surface area contributed by atoms with Crippen LogP contribution in [0.3, 0.4) is 0 Å². The lowest BCUT2D eigenvalue weighted by Gasteiger charge is -2.10. The molecule has 0 heterocycles. The van der Waals surface area contributed by atoms with Crippen molar-refractivity contribution in [2.45, 2.75) is 20.4 Å². The van der Waals surface area contributed by atoms with E-state index in [-0.39, 0.29) is 12.5 Å². The topological polar surface area (TPSA) is 47.6 Å². The van der Waals surface area contributed by atoms with E-state index in [9.17, 15) is 4.79 Å². The molecule has 0 saturated heterocycles. The molecule has 0 aliphatic carbocycles. The lowest BCUT2D eigenvalue weighted by Crippen LogP contribution is -2.28. The number of aryl methyl sites for hydroxylation is 2. The van der Waals surface area contributed by atoms with Gasteiger partial charge in [-0.05, 0) is 71.6 Å². The molecule has 0 atom stereocenters. The number of fused-ring (bicyclic) bond motifs is 1. The van der Waals surface area contributed by atoms with Gasteiger partial charge in [0.15, 0.2) is 6.61 Å². The standard InChI is InChI=1S/C22H23NO3/c1-15-4-8-21(10-16(15)2)26-14-22(24)23-13-17-5-6-19-12-20(25-3)9-7-18(19)11-17/h4-12H,13-14H2,1-3H3,(H,23,24). The summed E-state index contributed by atoms with van der Waals surface area (Å²) < 4.78 is 10.8. The highest BCUT2D eigenvalue weighted by Crippen LogP contribution is 2.22. The van der Waals surface area contributed by atoms with Crippen LogP contribution in [0.5, 0.6) is 11.5 Å². The Morgan fingerprint density at radius 2 is 1.62 bits per heavy atom. The van der Waals surface area contributed by atoms with Gasteiger partial charge in [0, 0.05) is 6.54 Å². The van der Waals surface area contributed by atoms with Crippen LogP contribution in [0.15, 0.2) is 54.6 Å². The van der Waals surface area contributed by atoms with Crippen molar-refractivity contribution in [2.24, 2.45) is 0 Å². The van der Waals surface area contributed by atoms with Crippen molar-refractivity contribution in [3.8, 4) is 11.5 Å². The van der Waals surface area contributed by atoms with Crippen LogP contribution >= 0.6 is 0 Å². The van der Waals surface area contributed by atoms with Crippen molar-refractivity contribution in [1.82, 2.24) is 5.32 Å². The van der Waals surface area contributed by atoms with Gasteiger partial charge in [0.05, 0.1) is 7.11 Å². The van der Waals surface area contributed by atoms with Crippen LogP contribution in [0.4, 0.5) is 0 Å². The Labute approximate surface area is 153 Å². The molecule has 0 aliphatic rings. The van der Waals surface area contributed by atoms with Gasteiger partial charge < -0.3 is 14.8 Å². The van der Waals surface area contributed by atoms with Gasteiger partial charge >= 0.3 is 0 Å². The number of carbonyl (C=O) groups excluding carboxylic acids is 1. The van der Waals surface area contributed by atoms with Gasteiger partial charge in [-0.3, -0.25) is 4.79 Å². The molecule has 3 aromatic rings. The zero-order valence-corrected chi connectivity index (χ0v) is 15.3. The number of rotatable bonds is 6. The summed E-state index contributed by atoms with van der Waals surface area (Å²) in [6.07, 6.45) is 0. The maximum absolute atomic E-state index is 12.0. The van der Waals surface area contributed by atoms with Crippen LogP contribution in [-0.4, -0.2) is 19.6 Å². The van der Waals surface area contributed by atoms with Crippen LogP contribution in [0.1, 0.15) is 16.7 Å². The van der Waals surface area contributed by atoms with Gasteiger partial charge in [-0.25, -0.2) is 0 Å². The molecular formula is C22H23NO3. The highest BCUT2D eigenvalue weighted by molar-refractivity contribution is 5.84. The molecule has 0 spiro atoms. The van der Waals surface area contributed by atoms with Gasteiger partial charge in [-0.2, -0.15) is 0 Å². The first-order valence-corrected chi connectivity index (χ1v) is 8.58. The number of hydrogen-bond donors (Lipinski definition) is 1. The first kappa shape index (κ1) is 17.8. The predicted octanol–water partition coefficient (Wildman–Crippen LogP) is 4.16. The van der Waals surface area contributed by atoms with E-state index in [4.69, 9.17) is 9.47 Å². The molecule has 0 aliphatic heterocycles. The first-order valence-electron chi connectivity index (χ1n) is 8.58. The van der Waals surface area contributed by atoms with E-state index in [1.165, 1.54) is 5.56 Å². The third-order valence-corrected chi connectivity index (χ3v) is 4.45. The molecule has 3 aromatic carbocycles. The molecule has 1 N–H and O–H groups in total.